The zero-order valence-electron chi connectivity index (χ0n) is 22.0. The van der Waals surface area contributed by atoms with E-state index in [1.54, 1.807) is 6.54 Å². The molecule has 0 saturated carbocycles. The van der Waals surface area contributed by atoms with Gasteiger partial charge in [0.25, 0.3) is 0 Å². The Morgan fingerprint density at radius 3 is 1.79 bits per heavy atom. The van der Waals surface area contributed by atoms with E-state index in [1.165, 1.54) is 31.1 Å². The molecule has 0 radical (unpaired) electrons. The van der Waals surface area contributed by atoms with E-state index in [2.05, 4.69) is 132 Å². The second-order valence-corrected chi connectivity index (χ2v) is 18.0. The predicted molar refractivity (Wildman–Crippen MR) is 153 cm³/mol. The van der Waals surface area contributed by atoms with E-state index >= 15 is 0 Å². The molecule has 34 heavy (non-hydrogen) atoms. The molecule has 3 rings (SSSR count). The third-order valence-corrected chi connectivity index (χ3v) is 16.0. The maximum atomic E-state index is 4.54. The molecule has 178 valence electrons. The zero-order chi connectivity index (χ0) is 24.8. The monoisotopic (exact) mass is 648 g/mol. The van der Waals surface area contributed by atoms with E-state index in [4.69, 9.17) is 0 Å². The van der Waals surface area contributed by atoms with Gasteiger partial charge in [-0.15, -0.1) is 0 Å². The molecular formula is C31H39BiN2. The summed E-state index contributed by atoms with van der Waals surface area (Å²) in [4.78, 5) is 4.54. The van der Waals surface area contributed by atoms with Crippen molar-refractivity contribution in [3.05, 3.63) is 98.0 Å². The fraction of sp³-hybridized carbons (Fsp3) is 0.323. The molecule has 0 aliphatic heterocycles. The number of rotatable bonds is 8. The van der Waals surface area contributed by atoms with Crippen LogP contribution in [0.15, 0.2) is 75.1 Å². The van der Waals surface area contributed by atoms with Crippen molar-refractivity contribution in [3.63, 3.8) is 0 Å². The number of allylic oxidation sites excluding steroid dienone is 1. The number of nitrogens with one attached hydrogen (secondary N) is 1. The molecule has 3 aromatic rings. The summed E-state index contributed by atoms with van der Waals surface area (Å²) < 4.78 is 4.47. The Morgan fingerprint density at radius 1 is 0.794 bits per heavy atom. The first kappa shape index (κ1) is 26.4. The van der Waals surface area contributed by atoms with Crippen molar-refractivity contribution < 1.29 is 0 Å². The van der Waals surface area contributed by atoms with Gasteiger partial charge in [-0.2, -0.15) is 0 Å². The van der Waals surface area contributed by atoms with Crippen LogP contribution < -0.4 is 11.9 Å². The van der Waals surface area contributed by atoms with Gasteiger partial charge in [-0.05, 0) is 0 Å². The molecule has 0 bridgehead atoms. The van der Waals surface area contributed by atoms with Gasteiger partial charge in [-0.3, -0.25) is 0 Å². The summed E-state index contributed by atoms with van der Waals surface area (Å²) in [6.45, 7) is 15.8. The van der Waals surface area contributed by atoms with Crippen LogP contribution in [0.2, 0.25) is 0 Å². The van der Waals surface area contributed by atoms with Gasteiger partial charge in [0.1, 0.15) is 0 Å². The first-order valence-corrected chi connectivity index (χ1v) is 17.4. The number of aryl methyl sites for hydroxylation is 3. The van der Waals surface area contributed by atoms with Gasteiger partial charge in [0, 0.05) is 0 Å². The molecule has 0 heterocycles. The van der Waals surface area contributed by atoms with Crippen molar-refractivity contribution in [2.24, 2.45) is 4.99 Å². The molecule has 3 heteroatoms. The average molecular weight is 649 g/mol. The molecule has 0 atom stereocenters. The molecule has 1 N–H and O–H groups in total. The summed E-state index contributed by atoms with van der Waals surface area (Å²) in [6, 6.07) is 22.7. The fourth-order valence-corrected chi connectivity index (χ4v) is 15.3. The normalized spacial score (nSPS) is 12.4. The average Bonchev–Trinajstić information content (AvgIpc) is 2.79. The standard InChI is InChI=1S/C11H13N2.2C10H13.Bi/c1-10-6-3-4-7-11(10)13-9-5-8-12-2;2*1-8(2)10-6-4-5-9(3)7-10;/h3-4,6-9,13H,1-2H3;2*4-5,7-8H,1-3H3;. The maximum absolute atomic E-state index is 4.54. The van der Waals surface area contributed by atoms with E-state index in [1.807, 2.05) is 7.05 Å². The quantitative estimate of drug-likeness (QED) is 0.213. The van der Waals surface area contributed by atoms with Crippen LogP contribution in [0.5, 0.6) is 0 Å². The topological polar surface area (TPSA) is 24.4 Å². The van der Waals surface area contributed by atoms with Crippen molar-refractivity contribution in [3.8, 4) is 0 Å². The number of anilines is 1. The fourth-order valence-electron chi connectivity index (χ4n) is 4.27. The first-order valence-electron chi connectivity index (χ1n) is 12.2. The second-order valence-electron chi connectivity index (χ2n) is 9.69. The molecule has 0 aliphatic carbocycles. The minimum absolute atomic E-state index is 0.476. The SMILES string of the molecule is CN=C/[C](=C\Nc1ccccc1C)[Bi]([c]1ccc(C)cc1C(C)C)[c]1ccc(C)cc1C(C)C. The van der Waals surface area contributed by atoms with Crippen molar-refractivity contribution in [1.82, 2.24) is 0 Å². The van der Waals surface area contributed by atoms with Crippen molar-refractivity contribution in [2.75, 3.05) is 12.4 Å². The number of hydrogen-bond donors (Lipinski definition) is 1. The molecule has 2 nitrogen and oxygen atoms in total. The van der Waals surface area contributed by atoms with Crippen molar-refractivity contribution >= 4 is 40.2 Å². The van der Waals surface area contributed by atoms with Crippen molar-refractivity contribution in [1.29, 1.82) is 0 Å². The Kier molecular flexibility index (Phi) is 9.26. The minimum atomic E-state index is -2.71. The summed E-state index contributed by atoms with van der Waals surface area (Å²) in [5.74, 6) is 0.953. The molecule has 0 unspecified atom stereocenters. The molecule has 0 amide bonds. The summed E-state index contributed by atoms with van der Waals surface area (Å²) >= 11 is -2.71. The second kappa shape index (κ2) is 11.9. The molecule has 0 fully saturated rings. The molecular weight excluding hydrogens is 609 g/mol. The molecule has 0 aromatic heterocycles. The van der Waals surface area contributed by atoms with E-state index in [9.17, 15) is 0 Å². The van der Waals surface area contributed by atoms with Crippen LogP contribution in [0.25, 0.3) is 0 Å². The molecule has 0 spiro atoms. The number of benzene rings is 3. The van der Waals surface area contributed by atoms with Crippen LogP contribution in [0.4, 0.5) is 5.69 Å². The van der Waals surface area contributed by atoms with Crippen LogP contribution >= 0.6 is 0 Å². The van der Waals surface area contributed by atoms with Gasteiger partial charge < -0.3 is 0 Å². The summed E-state index contributed by atoms with van der Waals surface area (Å²) in [5.41, 5.74) is 8.02. The van der Waals surface area contributed by atoms with Gasteiger partial charge in [0.2, 0.25) is 0 Å². The number of para-hydroxylation sites is 1. The zero-order valence-corrected chi connectivity index (χ0v) is 25.5. The number of nitrogens with zero attached hydrogens (tertiary/aromatic N) is 1. The van der Waals surface area contributed by atoms with Gasteiger partial charge in [0.05, 0.1) is 0 Å². The van der Waals surface area contributed by atoms with Gasteiger partial charge in [0.15, 0.2) is 0 Å². The first-order chi connectivity index (χ1) is 16.2. The van der Waals surface area contributed by atoms with Gasteiger partial charge in [-0.25, -0.2) is 0 Å². The summed E-state index contributed by atoms with van der Waals surface area (Å²) in [6.07, 6.45) is 4.35. The number of aliphatic imine (C=N–C) groups is 1. The van der Waals surface area contributed by atoms with Crippen LogP contribution in [0, 0.1) is 20.8 Å². The van der Waals surface area contributed by atoms with E-state index in [0.29, 0.717) is 11.8 Å². The third kappa shape index (κ3) is 6.25. The van der Waals surface area contributed by atoms with Crippen LogP contribution in [0.1, 0.15) is 67.3 Å². The van der Waals surface area contributed by atoms with Crippen LogP contribution in [-0.2, 0) is 0 Å². The molecule has 0 aliphatic rings. The Labute approximate surface area is 214 Å². The predicted octanol–water partition coefficient (Wildman–Crippen LogP) is 6.70. The van der Waals surface area contributed by atoms with Crippen LogP contribution in [0.3, 0.4) is 0 Å². The summed E-state index contributed by atoms with van der Waals surface area (Å²) in [7, 11) is 1.89. The third-order valence-electron chi connectivity index (χ3n) is 6.13. The number of hydrogen-bond acceptors (Lipinski definition) is 2. The van der Waals surface area contributed by atoms with Crippen LogP contribution in [-0.4, -0.2) is 35.0 Å². The Bertz CT molecular complexity index is 1130. The summed E-state index contributed by atoms with van der Waals surface area (Å²) in [5, 5.41) is 3.64. The van der Waals surface area contributed by atoms with E-state index < -0.39 is 21.8 Å². The Morgan fingerprint density at radius 2 is 1.32 bits per heavy atom. The Hall–Kier alpha value is -2.25. The van der Waals surface area contributed by atoms with E-state index in [0.717, 1.165) is 5.69 Å². The molecule has 0 saturated heterocycles. The van der Waals surface area contributed by atoms with Gasteiger partial charge >= 0.3 is 216 Å². The van der Waals surface area contributed by atoms with Gasteiger partial charge in [-0.1, -0.05) is 0 Å². The van der Waals surface area contributed by atoms with Crippen molar-refractivity contribution in [2.45, 2.75) is 60.3 Å². The molecule has 3 aromatic carbocycles. The Balaban J connectivity index is 2.29. The van der Waals surface area contributed by atoms with E-state index in [-0.39, 0.29) is 0 Å².